The standard InChI is InChI=1S/C16H26N2O/c1-12-6-5-7-13(10-12)11-15(19)18-14(8-9-17)16(2,3)4/h5-7,10,14H,8-9,11,17H2,1-4H3,(H,18,19). The highest BCUT2D eigenvalue weighted by Crippen LogP contribution is 2.21. The maximum Gasteiger partial charge on any atom is 0.224 e. The maximum absolute atomic E-state index is 12.1. The predicted molar refractivity (Wildman–Crippen MR) is 79.9 cm³/mol. The zero-order chi connectivity index (χ0) is 14.5. The van der Waals surface area contributed by atoms with Crippen LogP contribution in [0.25, 0.3) is 0 Å². The van der Waals surface area contributed by atoms with Gasteiger partial charge in [-0.1, -0.05) is 50.6 Å². The Morgan fingerprint density at radius 2 is 2.05 bits per heavy atom. The average Bonchev–Trinajstić information content (AvgIpc) is 2.27. The van der Waals surface area contributed by atoms with Gasteiger partial charge in [0.2, 0.25) is 5.91 Å². The first-order valence-electron chi connectivity index (χ1n) is 6.88. The third kappa shape index (κ3) is 5.43. The fourth-order valence-corrected chi connectivity index (χ4v) is 2.14. The Balaban J connectivity index is 2.63. The molecule has 0 fully saturated rings. The van der Waals surface area contributed by atoms with Crippen LogP contribution in [0.15, 0.2) is 24.3 Å². The summed E-state index contributed by atoms with van der Waals surface area (Å²) in [5, 5.41) is 3.11. The average molecular weight is 262 g/mol. The third-order valence-corrected chi connectivity index (χ3v) is 3.28. The van der Waals surface area contributed by atoms with E-state index in [4.69, 9.17) is 5.73 Å². The molecule has 0 aromatic heterocycles. The zero-order valence-corrected chi connectivity index (χ0v) is 12.5. The number of nitrogens with one attached hydrogen (secondary N) is 1. The van der Waals surface area contributed by atoms with E-state index >= 15 is 0 Å². The smallest absolute Gasteiger partial charge is 0.224 e. The largest absolute Gasteiger partial charge is 0.353 e. The van der Waals surface area contributed by atoms with Crippen LogP contribution in [-0.2, 0) is 11.2 Å². The Bertz CT molecular complexity index is 421. The van der Waals surface area contributed by atoms with Gasteiger partial charge in [0, 0.05) is 6.04 Å². The van der Waals surface area contributed by atoms with Gasteiger partial charge in [-0.05, 0) is 30.9 Å². The molecule has 0 bridgehead atoms. The predicted octanol–water partition coefficient (Wildman–Crippen LogP) is 2.42. The van der Waals surface area contributed by atoms with Crippen molar-refractivity contribution in [3.8, 4) is 0 Å². The van der Waals surface area contributed by atoms with E-state index in [1.807, 2.05) is 25.1 Å². The van der Waals surface area contributed by atoms with Crippen LogP contribution in [0.4, 0.5) is 0 Å². The molecule has 3 N–H and O–H groups in total. The van der Waals surface area contributed by atoms with Crippen molar-refractivity contribution in [2.75, 3.05) is 6.54 Å². The molecule has 0 spiro atoms. The van der Waals surface area contributed by atoms with E-state index in [2.05, 4.69) is 32.2 Å². The summed E-state index contributed by atoms with van der Waals surface area (Å²) in [5.41, 5.74) is 7.89. The number of hydrogen-bond acceptors (Lipinski definition) is 2. The molecular weight excluding hydrogens is 236 g/mol. The Labute approximate surface area is 116 Å². The van der Waals surface area contributed by atoms with Crippen molar-refractivity contribution in [2.24, 2.45) is 11.1 Å². The van der Waals surface area contributed by atoms with E-state index in [0.717, 1.165) is 12.0 Å². The summed E-state index contributed by atoms with van der Waals surface area (Å²) in [7, 11) is 0. The van der Waals surface area contributed by atoms with E-state index in [9.17, 15) is 4.79 Å². The number of carbonyl (C=O) groups is 1. The number of carbonyl (C=O) groups excluding carboxylic acids is 1. The SMILES string of the molecule is Cc1cccc(CC(=O)NC(CCN)C(C)(C)C)c1. The van der Waals surface area contributed by atoms with Crippen LogP contribution in [0.2, 0.25) is 0 Å². The first-order chi connectivity index (χ1) is 8.82. The van der Waals surface area contributed by atoms with Crippen molar-refractivity contribution in [1.82, 2.24) is 5.32 Å². The fourth-order valence-electron chi connectivity index (χ4n) is 2.14. The molecule has 106 valence electrons. The van der Waals surface area contributed by atoms with Gasteiger partial charge in [-0.25, -0.2) is 0 Å². The number of benzene rings is 1. The van der Waals surface area contributed by atoms with Crippen LogP contribution in [-0.4, -0.2) is 18.5 Å². The normalized spacial score (nSPS) is 13.1. The second-order valence-electron chi connectivity index (χ2n) is 6.23. The molecule has 1 atom stereocenters. The van der Waals surface area contributed by atoms with Gasteiger partial charge in [-0.3, -0.25) is 4.79 Å². The van der Waals surface area contributed by atoms with Crippen molar-refractivity contribution in [3.63, 3.8) is 0 Å². The van der Waals surface area contributed by atoms with Crippen LogP contribution in [0.3, 0.4) is 0 Å². The Morgan fingerprint density at radius 1 is 1.37 bits per heavy atom. The molecule has 0 radical (unpaired) electrons. The van der Waals surface area contributed by atoms with E-state index in [-0.39, 0.29) is 17.4 Å². The molecule has 1 unspecified atom stereocenters. The summed E-state index contributed by atoms with van der Waals surface area (Å²) in [6.45, 7) is 9.00. The number of rotatable bonds is 5. The highest BCUT2D eigenvalue weighted by Gasteiger charge is 2.25. The van der Waals surface area contributed by atoms with Crippen LogP contribution >= 0.6 is 0 Å². The lowest BCUT2D eigenvalue weighted by Gasteiger charge is -2.31. The van der Waals surface area contributed by atoms with Crippen molar-refractivity contribution in [2.45, 2.75) is 46.6 Å². The minimum atomic E-state index is 0.0294. The number of amides is 1. The summed E-state index contributed by atoms with van der Waals surface area (Å²) in [5.74, 6) is 0.0685. The van der Waals surface area contributed by atoms with E-state index < -0.39 is 0 Å². The van der Waals surface area contributed by atoms with Gasteiger partial charge in [-0.2, -0.15) is 0 Å². The Morgan fingerprint density at radius 3 is 2.58 bits per heavy atom. The van der Waals surface area contributed by atoms with Gasteiger partial charge >= 0.3 is 0 Å². The molecule has 0 saturated heterocycles. The van der Waals surface area contributed by atoms with Gasteiger partial charge in [0.15, 0.2) is 0 Å². The highest BCUT2D eigenvalue weighted by atomic mass is 16.1. The van der Waals surface area contributed by atoms with Crippen molar-refractivity contribution in [3.05, 3.63) is 35.4 Å². The lowest BCUT2D eigenvalue weighted by atomic mass is 9.84. The molecule has 0 aliphatic carbocycles. The van der Waals surface area contributed by atoms with Crippen LogP contribution in [0.5, 0.6) is 0 Å². The van der Waals surface area contributed by atoms with Crippen LogP contribution in [0, 0.1) is 12.3 Å². The lowest BCUT2D eigenvalue weighted by molar-refractivity contribution is -0.121. The van der Waals surface area contributed by atoms with Crippen molar-refractivity contribution in [1.29, 1.82) is 0 Å². The summed E-state index contributed by atoms with van der Waals surface area (Å²) < 4.78 is 0. The molecular formula is C16H26N2O. The summed E-state index contributed by atoms with van der Waals surface area (Å²) in [6, 6.07) is 8.18. The molecule has 0 aliphatic heterocycles. The lowest BCUT2D eigenvalue weighted by Crippen LogP contribution is -2.45. The fraction of sp³-hybridized carbons (Fsp3) is 0.562. The highest BCUT2D eigenvalue weighted by molar-refractivity contribution is 5.79. The van der Waals surface area contributed by atoms with Gasteiger partial charge < -0.3 is 11.1 Å². The van der Waals surface area contributed by atoms with Gasteiger partial charge in [0.25, 0.3) is 0 Å². The number of aryl methyl sites for hydroxylation is 1. The molecule has 1 aromatic rings. The van der Waals surface area contributed by atoms with E-state index in [0.29, 0.717) is 13.0 Å². The molecule has 1 rings (SSSR count). The van der Waals surface area contributed by atoms with Gasteiger partial charge in [0.05, 0.1) is 6.42 Å². The Kier molecular flexibility index (Phi) is 5.55. The number of hydrogen-bond donors (Lipinski definition) is 2. The van der Waals surface area contributed by atoms with E-state index in [1.165, 1.54) is 5.56 Å². The van der Waals surface area contributed by atoms with Crippen LogP contribution < -0.4 is 11.1 Å². The monoisotopic (exact) mass is 262 g/mol. The number of nitrogens with two attached hydrogens (primary N) is 1. The van der Waals surface area contributed by atoms with Gasteiger partial charge in [0.1, 0.15) is 0 Å². The second-order valence-corrected chi connectivity index (χ2v) is 6.23. The molecule has 1 amide bonds. The summed E-state index contributed by atoms with van der Waals surface area (Å²) >= 11 is 0. The molecule has 3 heteroatoms. The second kappa shape index (κ2) is 6.71. The zero-order valence-electron chi connectivity index (χ0n) is 12.5. The quantitative estimate of drug-likeness (QED) is 0.856. The third-order valence-electron chi connectivity index (χ3n) is 3.28. The Hall–Kier alpha value is -1.35. The topological polar surface area (TPSA) is 55.1 Å². The molecule has 3 nitrogen and oxygen atoms in total. The minimum Gasteiger partial charge on any atom is -0.353 e. The first kappa shape index (κ1) is 15.7. The van der Waals surface area contributed by atoms with E-state index in [1.54, 1.807) is 0 Å². The van der Waals surface area contributed by atoms with Crippen molar-refractivity contribution >= 4 is 5.91 Å². The van der Waals surface area contributed by atoms with Crippen molar-refractivity contribution < 1.29 is 4.79 Å². The molecule has 0 saturated carbocycles. The maximum atomic E-state index is 12.1. The summed E-state index contributed by atoms with van der Waals surface area (Å²) in [6.07, 6.45) is 1.24. The minimum absolute atomic E-state index is 0.0294. The first-order valence-corrected chi connectivity index (χ1v) is 6.88. The molecule has 1 aromatic carbocycles. The molecule has 19 heavy (non-hydrogen) atoms. The van der Waals surface area contributed by atoms with Crippen LogP contribution in [0.1, 0.15) is 38.3 Å². The van der Waals surface area contributed by atoms with Gasteiger partial charge in [-0.15, -0.1) is 0 Å². The molecule has 0 aliphatic rings. The molecule has 0 heterocycles. The summed E-state index contributed by atoms with van der Waals surface area (Å²) in [4.78, 5) is 12.1.